The molecule has 0 spiro atoms. The van der Waals surface area contributed by atoms with E-state index in [1.54, 1.807) is 4.90 Å². The molecule has 0 radical (unpaired) electrons. The maximum absolute atomic E-state index is 14.4. The third kappa shape index (κ3) is 4.78. The number of nitrogens with one attached hydrogen (secondary N) is 2. The average molecular weight is 422 g/mol. The number of hydrogen-bond acceptors (Lipinski definition) is 5. The molecular weight excluding hydrogens is 399 g/mol. The molecule has 3 N–H and O–H groups in total. The summed E-state index contributed by atoms with van der Waals surface area (Å²) in [5, 5.41) is 9.03. The van der Waals surface area contributed by atoms with Crippen LogP contribution in [-0.4, -0.2) is 70.5 Å². The molecule has 2 saturated heterocycles. The second-order valence-electron chi connectivity index (χ2n) is 7.21. The quantitative estimate of drug-likeness (QED) is 0.614. The molecule has 162 valence electrons. The molecule has 0 bridgehead atoms. The fourth-order valence-corrected chi connectivity index (χ4v) is 3.62. The smallest absolute Gasteiger partial charge is 0.407 e. The molecule has 2 aliphatic rings. The Morgan fingerprint density at radius 1 is 1.13 bits per heavy atom. The van der Waals surface area contributed by atoms with Gasteiger partial charge in [-0.05, 0) is 31.0 Å². The zero-order valence-electron chi connectivity index (χ0n) is 16.4. The number of amides is 4. The van der Waals surface area contributed by atoms with E-state index < -0.39 is 29.8 Å². The first kappa shape index (κ1) is 21.3. The van der Waals surface area contributed by atoms with Crippen molar-refractivity contribution in [2.24, 2.45) is 0 Å². The lowest BCUT2D eigenvalue weighted by molar-refractivity contribution is -0.136. The van der Waals surface area contributed by atoms with Gasteiger partial charge in [0, 0.05) is 44.6 Å². The molecule has 2 fully saturated rings. The minimum Gasteiger partial charge on any atom is -0.477 e. The van der Waals surface area contributed by atoms with Gasteiger partial charge >= 0.3 is 6.09 Å². The van der Waals surface area contributed by atoms with Gasteiger partial charge in [0.05, 0.1) is 0 Å². The van der Waals surface area contributed by atoms with Gasteiger partial charge in [-0.2, -0.15) is 0 Å². The van der Waals surface area contributed by atoms with Crippen molar-refractivity contribution < 1.29 is 33.4 Å². The number of nitrogens with zero attached hydrogens (tertiary/aromatic N) is 2. The number of piperidine rings is 1. The number of halogens is 1. The third-order valence-corrected chi connectivity index (χ3v) is 5.18. The molecular formula is C19H23FN4O6. The molecule has 0 saturated carbocycles. The molecule has 0 aromatic heterocycles. The Labute approximate surface area is 171 Å². The van der Waals surface area contributed by atoms with Crippen LogP contribution in [0.25, 0.3) is 0 Å². The lowest BCUT2D eigenvalue weighted by Gasteiger charge is -2.35. The highest BCUT2D eigenvalue weighted by molar-refractivity contribution is 5.95. The van der Waals surface area contributed by atoms with Crippen LogP contribution in [0.3, 0.4) is 0 Å². The van der Waals surface area contributed by atoms with E-state index >= 15 is 0 Å². The minimum atomic E-state index is -0.966. The topological polar surface area (TPSA) is 128 Å². The summed E-state index contributed by atoms with van der Waals surface area (Å²) >= 11 is 0. The van der Waals surface area contributed by atoms with E-state index in [9.17, 15) is 23.6 Å². The van der Waals surface area contributed by atoms with E-state index in [1.165, 1.54) is 24.0 Å². The Morgan fingerprint density at radius 2 is 1.83 bits per heavy atom. The molecule has 30 heavy (non-hydrogen) atoms. The van der Waals surface area contributed by atoms with Gasteiger partial charge in [-0.25, -0.2) is 9.18 Å². The molecule has 1 atom stereocenters. The first-order valence-electron chi connectivity index (χ1n) is 9.57. The van der Waals surface area contributed by atoms with Crippen LogP contribution in [0.1, 0.15) is 36.5 Å². The summed E-state index contributed by atoms with van der Waals surface area (Å²) < 4.78 is 19.9. The summed E-state index contributed by atoms with van der Waals surface area (Å²) in [5.41, 5.74) is 4.22. The van der Waals surface area contributed by atoms with Crippen molar-refractivity contribution in [2.75, 3.05) is 19.6 Å². The summed E-state index contributed by atoms with van der Waals surface area (Å²) in [7, 11) is 0. The largest absolute Gasteiger partial charge is 0.477 e. The first-order chi connectivity index (χ1) is 14.3. The van der Waals surface area contributed by atoms with Crippen LogP contribution in [0.15, 0.2) is 18.2 Å². The van der Waals surface area contributed by atoms with Crippen molar-refractivity contribution in [3.8, 4) is 5.75 Å². The zero-order chi connectivity index (χ0) is 21.8. The number of carbonyl (C=O) groups excluding carboxylic acids is 3. The number of ether oxygens (including phenoxy) is 1. The number of hydrogen-bond donors (Lipinski definition) is 3. The van der Waals surface area contributed by atoms with E-state index in [4.69, 9.17) is 9.84 Å². The number of likely N-dealkylation sites (tertiary alicyclic amines) is 2. The highest BCUT2D eigenvalue weighted by Gasteiger charge is 2.39. The van der Waals surface area contributed by atoms with Crippen molar-refractivity contribution in [1.82, 2.24) is 20.7 Å². The molecule has 0 aliphatic carbocycles. The second kappa shape index (κ2) is 8.97. The highest BCUT2D eigenvalue weighted by atomic mass is 19.1. The summed E-state index contributed by atoms with van der Waals surface area (Å²) in [5.74, 6) is -2.36. The van der Waals surface area contributed by atoms with E-state index in [1.807, 2.05) is 0 Å². The lowest BCUT2D eigenvalue weighted by atomic mass is 10.0. The Kier molecular flexibility index (Phi) is 6.38. The van der Waals surface area contributed by atoms with Gasteiger partial charge in [-0.15, -0.1) is 0 Å². The van der Waals surface area contributed by atoms with E-state index in [-0.39, 0.29) is 23.3 Å². The lowest BCUT2D eigenvalue weighted by Crippen LogP contribution is -2.48. The monoisotopic (exact) mass is 422 g/mol. The highest BCUT2D eigenvalue weighted by Crippen LogP contribution is 2.27. The van der Waals surface area contributed by atoms with Crippen LogP contribution < -0.4 is 15.6 Å². The minimum absolute atomic E-state index is 0.0156. The van der Waals surface area contributed by atoms with Crippen LogP contribution in [0.4, 0.5) is 9.18 Å². The van der Waals surface area contributed by atoms with E-state index in [0.717, 1.165) is 6.07 Å². The van der Waals surface area contributed by atoms with Crippen molar-refractivity contribution in [1.29, 1.82) is 0 Å². The van der Waals surface area contributed by atoms with E-state index in [2.05, 4.69) is 10.9 Å². The van der Waals surface area contributed by atoms with Gasteiger partial charge < -0.3 is 19.6 Å². The van der Waals surface area contributed by atoms with Crippen molar-refractivity contribution in [2.45, 2.75) is 38.3 Å². The number of hydrazine groups is 1. The maximum Gasteiger partial charge on any atom is 0.407 e. The zero-order valence-corrected chi connectivity index (χ0v) is 16.4. The number of rotatable bonds is 4. The van der Waals surface area contributed by atoms with Gasteiger partial charge in [0.25, 0.3) is 11.8 Å². The van der Waals surface area contributed by atoms with Gasteiger partial charge in [0.1, 0.15) is 0 Å². The molecule has 3 rings (SSSR count). The van der Waals surface area contributed by atoms with Gasteiger partial charge in [0.15, 0.2) is 17.7 Å². The first-order valence-corrected chi connectivity index (χ1v) is 9.57. The van der Waals surface area contributed by atoms with Crippen LogP contribution in [0.2, 0.25) is 0 Å². The Balaban J connectivity index is 1.58. The molecule has 1 aromatic carbocycles. The van der Waals surface area contributed by atoms with Crippen LogP contribution in [-0.2, 0) is 9.59 Å². The molecule has 1 unspecified atom stereocenters. The normalized spacial score (nSPS) is 19.5. The predicted molar refractivity (Wildman–Crippen MR) is 101 cm³/mol. The van der Waals surface area contributed by atoms with Crippen molar-refractivity contribution in [3.63, 3.8) is 0 Å². The number of benzene rings is 1. The summed E-state index contributed by atoms with van der Waals surface area (Å²) in [6.07, 6.45) is -0.306. The maximum atomic E-state index is 14.4. The van der Waals surface area contributed by atoms with Gasteiger partial charge in [-0.1, -0.05) is 0 Å². The van der Waals surface area contributed by atoms with Crippen LogP contribution in [0, 0.1) is 5.82 Å². The van der Waals surface area contributed by atoms with Crippen molar-refractivity contribution >= 4 is 23.8 Å². The molecule has 10 nitrogen and oxygen atoms in total. The average Bonchev–Trinajstić information content (AvgIpc) is 3.07. The summed E-state index contributed by atoms with van der Waals surface area (Å²) in [4.78, 5) is 49.4. The fourth-order valence-electron chi connectivity index (χ4n) is 3.62. The Hall–Kier alpha value is -3.37. The van der Waals surface area contributed by atoms with E-state index in [0.29, 0.717) is 38.9 Å². The Morgan fingerprint density at radius 3 is 2.43 bits per heavy atom. The third-order valence-electron chi connectivity index (χ3n) is 5.18. The fraction of sp³-hybridized carbons (Fsp3) is 0.474. The number of carboxylic acid groups (broad SMARTS) is 1. The summed E-state index contributed by atoms with van der Waals surface area (Å²) in [6.45, 7) is 2.41. The molecule has 2 heterocycles. The van der Waals surface area contributed by atoms with Crippen LogP contribution >= 0.6 is 0 Å². The molecule has 1 aromatic rings. The van der Waals surface area contributed by atoms with Crippen molar-refractivity contribution in [3.05, 3.63) is 29.6 Å². The van der Waals surface area contributed by atoms with Gasteiger partial charge in [0.2, 0.25) is 5.91 Å². The number of carbonyl (C=O) groups is 4. The van der Waals surface area contributed by atoms with Gasteiger partial charge in [-0.3, -0.25) is 25.2 Å². The standard InChI is InChI=1S/C19H23FN4O6/c1-11(25)21-22-17(26)12-2-3-15(14(20)10-12)30-16-6-9-24(18(16)27)13-4-7-23(8-5-13)19(28)29/h2-3,10,13,16H,4-9H2,1H3,(H,21,25)(H,22,26)(H,28,29). The summed E-state index contributed by atoms with van der Waals surface area (Å²) in [6, 6.07) is 3.49. The molecule has 2 aliphatic heterocycles. The molecule has 11 heteroatoms. The molecule has 4 amide bonds. The predicted octanol–water partition coefficient (Wildman–Crippen LogP) is 0.729. The second-order valence-corrected chi connectivity index (χ2v) is 7.21. The SMILES string of the molecule is CC(=O)NNC(=O)c1ccc(OC2CCN(C3CCN(C(=O)O)CC3)C2=O)c(F)c1. The Bertz CT molecular complexity index is 855. The van der Waals surface area contributed by atoms with Crippen LogP contribution in [0.5, 0.6) is 5.75 Å².